The van der Waals surface area contributed by atoms with Crippen molar-refractivity contribution in [2.24, 2.45) is 0 Å². The number of hydrogen-bond donors (Lipinski definition) is 2. The lowest BCUT2D eigenvalue weighted by molar-refractivity contribution is -0.116. The Morgan fingerprint density at radius 3 is 2.74 bits per heavy atom. The van der Waals surface area contributed by atoms with Crippen LogP contribution in [0.5, 0.6) is 0 Å². The summed E-state index contributed by atoms with van der Waals surface area (Å²) in [4.78, 5) is 30.8. The van der Waals surface area contributed by atoms with Crippen molar-refractivity contribution in [1.29, 1.82) is 0 Å². The second kappa shape index (κ2) is 7.69. The van der Waals surface area contributed by atoms with E-state index in [-0.39, 0.29) is 22.7 Å². The number of aromatic nitrogens is 2. The second-order valence-electron chi connectivity index (χ2n) is 6.68. The Morgan fingerprint density at radius 2 is 1.96 bits per heavy atom. The number of hydrogen-bond acceptors (Lipinski definition) is 4. The average molecular weight is 464 g/mol. The van der Waals surface area contributed by atoms with Crippen LogP contribution in [0.15, 0.2) is 33.5 Å². The molecule has 27 heavy (non-hydrogen) atoms. The highest BCUT2D eigenvalue weighted by atomic mass is 79.9. The molecule has 8 heteroatoms. The number of H-pyrrole nitrogens is 1. The van der Waals surface area contributed by atoms with Gasteiger partial charge in [0.25, 0.3) is 5.56 Å². The number of aryl methyl sites for hydroxylation is 2. The van der Waals surface area contributed by atoms with Crippen molar-refractivity contribution in [3.05, 3.63) is 59.9 Å². The SMILES string of the molecule is O=C(Cc1ccc(Br)cc1)Nn1c(=S)[nH]c2sc3c(c2c1=O)CCCCC3. The molecular formula is C19H18BrN3O2S2. The Morgan fingerprint density at radius 1 is 1.22 bits per heavy atom. The number of carbonyl (C=O) groups is 1. The van der Waals surface area contributed by atoms with Crippen molar-refractivity contribution in [2.75, 3.05) is 5.43 Å². The van der Waals surface area contributed by atoms with Gasteiger partial charge in [-0.2, -0.15) is 4.68 Å². The fraction of sp³-hybridized carbons (Fsp3) is 0.316. The number of rotatable bonds is 3. The third-order valence-corrected chi connectivity index (χ3v) is 6.80. The summed E-state index contributed by atoms with van der Waals surface area (Å²) in [6.45, 7) is 0. The summed E-state index contributed by atoms with van der Waals surface area (Å²) >= 11 is 10.3. The molecule has 1 aromatic carbocycles. The third-order valence-electron chi connectivity index (χ3n) is 4.78. The number of halogens is 1. The Bertz CT molecular complexity index is 1130. The molecule has 0 spiro atoms. The lowest BCUT2D eigenvalue weighted by atomic mass is 10.1. The van der Waals surface area contributed by atoms with E-state index >= 15 is 0 Å². The maximum Gasteiger partial charge on any atom is 0.282 e. The van der Waals surface area contributed by atoms with E-state index in [1.54, 1.807) is 11.3 Å². The van der Waals surface area contributed by atoms with E-state index in [1.807, 2.05) is 24.3 Å². The minimum Gasteiger partial charge on any atom is -0.322 e. The lowest BCUT2D eigenvalue weighted by Crippen LogP contribution is -2.35. The highest BCUT2D eigenvalue weighted by Crippen LogP contribution is 2.32. The molecule has 1 aliphatic rings. The Balaban J connectivity index is 1.68. The van der Waals surface area contributed by atoms with Crippen LogP contribution in [0, 0.1) is 4.77 Å². The molecule has 2 N–H and O–H groups in total. The van der Waals surface area contributed by atoms with Gasteiger partial charge in [-0.25, -0.2) is 0 Å². The van der Waals surface area contributed by atoms with Gasteiger partial charge in [0.2, 0.25) is 10.7 Å². The number of carbonyl (C=O) groups excluding carboxylic acids is 1. The van der Waals surface area contributed by atoms with Gasteiger partial charge in [-0.15, -0.1) is 11.3 Å². The Kier molecular flexibility index (Phi) is 5.29. The average Bonchev–Trinajstić information content (AvgIpc) is 2.82. The van der Waals surface area contributed by atoms with Crippen LogP contribution < -0.4 is 11.0 Å². The molecule has 0 unspecified atom stereocenters. The summed E-state index contributed by atoms with van der Waals surface area (Å²) in [5, 5.41) is 0.675. The first-order chi connectivity index (χ1) is 13.0. The van der Waals surface area contributed by atoms with Crippen LogP contribution in [0.25, 0.3) is 10.2 Å². The molecule has 0 atom stereocenters. The second-order valence-corrected chi connectivity index (χ2v) is 9.09. The van der Waals surface area contributed by atoms with Gasteiger partial charge in [-0.05, 0) is 61.2 Å². The zero-order valence-corrected chi connectivity index (χ0v) is 17.7. The minimum atomic E-state index is -0.278. The molecule has 1 aliphatic carbocycles. The zero-order valence-electron chi connectivity index (χ0n) is 14.5. The minimum absolute atomic E-state index is 0.175. The molecule has 5 nitrogen and oxygen atoms in total. The van der Waals surface area contributed by atoms with E-state index < -0.39 is 0 Å². The summed E-state index contributed by atoms with van der Waals surface area (Å²) in [6.07, 6.45) is 5.51. The van der Waals surface area contributed by atoms with Gasteiger partial charge in [-0.1, -0.05) is 34.5 Å². The van der Waals surface area contributed by atoms with Crippen LogP contribution in [0.1, 0.15) is 35.3 Å². The van der Waals surface area contributed by atoms with Crippen molar-refractivity contribution in [2.45, 2.75) is 38.5 Å². The molecule has 3 aromatic rings. The van der Waals surface area contributed by atoms with Crippen molar-refractivity contribution in [1.82, 2.24) is 9.66 Å². The first kappa shape index (κ1) is 18.6. The number of nitrogens with one attached hydrogen (secondary N) is 2. The normalized spacial score (nSPS) is 14.0. The summed E-state index contributed by atoms with van der Waals surface area (Å²) in [7, 11) is 0. The van der Waals surface area contributed by atoms with Crippen LogP contribution in [-0.4, -0.2) is 15.6 Å². The molecule has 140 valence electrons. The lowest BCUT2D eigenvalue weighted by Gasteiger charge is -2.09. The topological polar surface area (TPSA) is 66.9 Å². The van der Waals surface area contributed by atoms with Gasteiger partial charge in [0.05, 0.1) is 11.8 Å². The smallest absolute Gasteiger partial charge is 0.282 e. The highest BCUT2D eigenvalue weighted by molar-refractivity contribution is 9.10. The van der Waals surface area contributed by atoms with Crippen LogP contribution in [0.2, 0.25) is 0 Å². The van der Waals surface area contributed by atoms with Crippen LogP contribution >= 0.6 is 39.5 Å². The molecular weight excluding hydrogens is 446 g/mol. The molecule has 0 saturated carbocycles. The van der Waals surface area contributed by atoms with E-state index in [0.29, 0.717) is 5.39 Å². The summed E-state index contributed by atoms with van der Waals surface area (Å²) < 4.78 is 2.35. The number of benzene rings is 1. The van der Waals surface area contributed by atoms with Gasteiger partial charge in [0, 0.05) is 9.35 Å². The predicted octanol–water partition coefficient (Wildman–Crippen LogP) is 4.46. The van der Waals surface area contributed by atoms with Crippen molar-refractivity contribution in [3.8, 4) is 0 Å². The van der Waals surface area contributed by atoms with Gasteiger partial charge >= 0.3 is 0 Å². The summed E-state index contributed by atoms with van der Waals surface area (Å²) in [5.74, 6) is -0.278. The fourth-order valence-electron chi connectivity index (χ4n) is 3.47. The van der Waals surface area contributed by atoms with E-state index in [9.17, 15) is 9.59 Å². The van der Waals surface area contributed by atoms with Crippen LogP contribution in [0.3, 0.4) is 0 Å². The summed E-state index contributed by atoms with van der Waals surface area (Å²) in [6, 6.07) is 7.51. The highest BCUT2D eigenvalue weighted by Gasteiger charge is 2.20. The third kappa shape index (κ3) is 3.79. The molecule has 0 aliphatic heterocycles. The van der Waals surface area contributed by atoms with E-state index in [0.717, 1.165) is 46.1 Å². The maximum atomic E-state index is 13.1. The molecule has 4 rings (SSSR count). The number of thiophene rings is 1. The standard InChI is InChI=1S/C19H18BrN3O2S2/c20-12-8-6-11(7-9-12)10-15(24)22-23-18(25)16-13-4-2-1-3-5-14(13)27-17(16)21-19(23)26/h6-9H,1-5,10H2,(H,21,26)(H,22,24). The molecule has 2 aromatic heterocycles. The molecule has 2 heterocycles. The van der Waals surface area contributed by atoms with Gasteiger partial charge in [-0.3, -0.25) is 15.0 Å². The summed E-state index contributed by atoms with van der Waals surface area (Å²) in [5.41, 5.74) is 4.42. The monoisotopic (exact) mass is 463 g/mol. The Labute approximate surface area is 173 Å². The Hall–Kier alpha value is -1.77. The predicted molar refractivity (Wildman–Crippen MR) is 115 cm³/mol. The zero-order chi connectivity index (χ0) is 19.0. The molecule has 0 radical (unpaired) electrons. The largest absolute Gasteiger partial charge is 0.322 e. The number of nitrogens with zero attached hydrogens (tertiary/aromatic N) is 1. The number of fused-ring (bicyclic) bond motifs is 3. The van der Waals surface area contributed by atoms with E-state index in [1.165, 1.54) is 16.0 Å². The van der Waals surface area contributed by atoms with Crippen LogP contribution in [0.4, 0.5) is 0 Å². The van der Waals surface area contributed by atoms with Crippen LogP contribution in [-0.2, 0) is 24.1 Å². The van der Waals surface area contributed by atoms with Crippen molar-refractivity contribution >= 4 is 55.6 Å². The fourth-order valence-corrected chi connectivity index (χ4v) is 5.31. The number of aromatic amines is 1. The van der Waals surface area contributed by atoms with E-state index in [4.69, 9.17) is 12.2 Å². The molecule has 0 fully saturated rings. The van der Waals surface area contributed by atoms with Gasteiger partial charge in [0.15, 0.2) is 0 Å². The first-order valence-electron chi connectivity index (χ1n) is 8.87. The first-order valence-corrected chi connectivity index (χ1v) is 10.9. The molecule has 0 bridgehead atoms. The molecule has 1 amide bonds. The van der Waals surface area contributed by atoms with Crippen molar-refractivity contribution < 1.29 is 4.79 Å². The van der Waals surface area contributed by atoms with Crippen molar-refractivity contribution in [3.63, 3.8) is 0 Å². The van der Waals surface area contributed by atoms with E-state index in [2.05, 4.69) is 26.3 Å². The number of amides is 1. The van der Waals surface area contributed by atoms with Gasteiger partial charge < -0.3 is 4.98 Å². The maximum absolute atomic E-state index is 13.1. The molecule has 0 saturated heterocycles. The van der Waals surface area contributed by atoms with Gasteiger partial charge in [0.1, 0.15) is 4.83 Å². The quantitative estimate of drug-likeness (QED) is 0.444.